The van der Waals surface area contributed by atoms with Gasteiger partial charge in [-0.25, -0.2) is 9.97 Å². The van der Waals surface area contributed by atoms with Gasteiger partial charge < -0.3 is 10.3 Å². The van der Waals surface area contributed by atoms with Crippen molar-refractivity contribution in [3.63, 3.8) is 0 Å². The molecule has 2 N–H and O–H groups in total. The Bertz CT molecular complexity index is 1000. The topological polar surface area (TPSA) is 101 Å². The number of aromatic amines is 1. The number of rotatable bonds is 4. The molecule has 0 aliphatic carbocycles. The van der Waals surface area contributed by atoms with Gasteiger partial charge in [0.05, 0.1) is 29.6 Å². The van der Waals surface area contributed by atoms with E-state index in [1.54, 1.807) is 42.0 Å². The largest absolute Gasteiger partial charge is 0.343 e. The van der Waals surface area contributed by atoms with E-state index in [0.29, 0.717) is 27.8 Å². The Labute approximate surface area is 146 Å². The van der Waals surface area contributed by atoms with Gasteiger partial charge in [0.1, 0.15) is 16.4 Å². The first-order chi connectivity index (χ1) is 12.2. The minimum Gasteiger partial charge on any atom is -0.343 e. The van der Waals surface area contributed by atoms with E-state index in [-0.39, 0.29) is 5.91 Å². The smallest absolute Gasteiger partial charge is 0.275 e. The molecule has 0 bridgehead atoms. The quantitative estimate of drug-likeness (QED) is 0.588. The number of amides is 1. The van der Waals surface area contributed by atoms with E-state index in [1.165, 1.54) is 11.3 Å². The molecule has 0 atom stereocenters. The molecular formula is C16H13N7OS. The molecule has 4 aromatic heterocycles. The number of anilines is 1. The number of pyridine rings is 1. The van der Waals surface area contributed by atoms with Crippen LogP contribution in [0.4, 0.5) is 5.69 Å². The van der Waals surface area contributed by atoms with Crippen LogP contribution in [0.15, 0.2) is 48.5 Å². The van der Waals surface area contributed by atoms with Gasteiger partial charge in [-0.05, 0) is 12.1 Å². The molecule has 0 saturated heterocycles. The highest BCUT2D eigenvalue weighted by Gasteiger charge is 2.17. The Hall–Kier alpha value is -3.33. The number of thiazole rings is 1. The lowest BCUT2D eigenvalue weighted by molar-refractivity contribution is 0.102. The zero-order chi connectivity index (χ0) is 17.2. The van der Waals surface area contributed by atoms with Crippen LogP contribution in [0.3, 0.4) is 0 Å². The van der Waals surface area contributed by atoms with Crippen LogP contribution >= 0.6 is 11.3 Å². The number of hydrogen-bond donors (Lipinski definition) is 2. The number of nitrogens with zero attached hydrogens (tertiary/aromatic N) is 5. The third kappa shape index (κ3) is 3.04. The molecule has 1 amide bonds. The number of H-pyrrole nitrogens is 1. The summed E-state index contributed by atoms with van der Waals surface area (Å²) in [6.07, 6.45) is 6.67. The molecule has 0 aromatic carbocycles. The fraction of sp³-hybridized carbons (Fsp3) is 0.0625. The van der Waals surface area contributed by atoms with Crippen molar-refractivity contribution in [2.45, 2.75) is 0 Å². The minimum atomic E-state index is -0.299. The van der Waals surface area contributed by atoms with Gasteiger partial charge in [-0.2, -0.15) is 5.10 Å². The Morgan fingerprint density at radius 1 is 1.36 bits per heavy atom. The molecule has 4 aromatic rings. The lowest BCUT2D eigenvalue weighted by Gasteiger charge is -2.03. The minimum absolute atomic E-state index is 0.299. The molecule has 4 rings (SSSR count). The molecule has 8 nitrogen and oxygen atoms in total. The zero-order valence-corrected chi connectivity index (χ0v) is 14.0. The standard InChI is InChI=1S/C16H13N7OS/c1-23-7-12(14(22-23)10-4-2-3-5-18-10)20-15(24)13-8-25-16(21-13)11-6-17-9-19-11/h2-9H,1H3,(H,17,19)(H,20,24). The van der Waals surface area contributed by atoms with Crippen LogP contribution in [0, 0.1) is 0 Å². The van der Waals surface area contributed by atoms with E-state index in [9.17, 15) is 4.79 Å². The van der Waals surface area contributed by atoms with Crippen molar-refractivity contribution in [3.05, 3.63) is 54.2 Å². The van der Waals surface area contributed by atoms with Crippen molar-refractivity contribution in [3.8, 4) is 22.1 Å². The molecule has 0 radical (unpaired) electrons. The predicted molar refractivity (Wildman–Crippen MR) is 94.1 cm³/mol. The average Bonchev–Trinajstić information content (AvgIpc) is 3.36. The summed E-state index contributed by atoms with van der Waals surface area (Å²) >= 11 is 1.38. The summed E-state index contributed by atoms with van der Waals surface area (Å²) in [5.74, 6) is -0.299. The van der Waals surface area contributed by atoms with Gasteiger partial charge in [-0.1, -0.05) is 6.07 Å². The molecule has 25 heavy (non-hydrogen) atoms. The second-order valence-electron chi connectivity index (χ2n) is 5.24. The van der Waals surface area contributed by atoms with Crippen LogP contribution in [0.5, 0.6) is 0 Å². The Morgan fingerprint density at radius 3 is 3.04 bits per heavy atom. The SMILES string of the molecule is Cn1cc(NC(=O)c2csc(-c3cnc[nH]3)n2)c(-c2ccccn2)n1. The second-order valence-corrected chi connectivity index (χ2v) is 6.10. The van der Waals surface area contributed by atoms with Gasteiger partial charge >= 0.3 is 0 Å². The molecule has 9 heteroatoms. The monoisotopic (exact) mass is 351 g/mol. The van der Waals surface area contributed by atoms with Gasteiger partial charge in [0, 0.05) is 24.8 Å². The Balaban J connectivity index is 1.60. The third-order valence-electron chi connectivity index (χ3n) is 3.45. The fourth-order valence-electron chi connectivity index (χ4n) is 2.33. The van der Waals surface area contributed by atoms with Crippen LogP contribution in [0.1, 0.15) is 10.5 Å². The number of hydrogen-bond acceptors (Lipinski definition) is 6. The molecule has 124 valence electrons. The van der Waals surface area contributed by atoms with Crippen molar-refractivity contribution in [1.29, 1.82) is 0 Å². The number of carbonyl (C=O) groups is 1. The Kier molecular flexibility index (Phi) is 3.82. The summed E-state index contributed by atoms with van der Waals surface area (Å²) in [5.41, 5.74) is 3.00. The predicted octanol–water partition coefficient (Wildman–Crippen LogP) is 2.58. The highest BCUT2D eigenvalue weighted by molar-refractivity contribution is 7.13. The van der Waals surface area contributed by atoms with Gasteiger partial charge in [0.2, 0.25) is 0 Å². The number of aromatic nitrogens is 6. The van der Waals surface area contributed by atoms with Crippen LogP contribution < -0.4 is 5.32 Å². The van der Waals surface area contributed by atoms with Crippen molar-refractivity contribution >= 4 is 22.9 Å². The normalized spacial score (nSPS) is 10.8. The lowest BCUT2D eigenvalue weighted by Crippen LogP contribution is -2.12. The van der Waals surface area contributed by atoms with Crippen molar-refractivity contribution in [2.75, 3.05) is 5.32 Å². The fourth-order valence-corrected chi connectivity index (χ4v) is 3.11. The number of aryl methyl sites for hydroxylation is 1. The van der Waals surface area contributed by atoms with Gasteiger partial charge in [-0.3, -0.25) is 14.5 Å². The zero-order valence-electron chi connectivity index (χ0n) is 13.2. The summed E-state index contributed by atoms with van der Waals surface area (Å²) in [5, 5.41) is 9.66. The lowest BCUT2D eigenvalue weighted by atomic mass is 10.2. The number of imidazole rings is 1. The van der Waals surface area contributed by atoms with E-state index in [0.717, 1.165) is 5.69 Å². The third-order valence-corrected chi connectivity index (χ3v) is 4.33. The highest BCUT2D eigenvalue weighted by atomic mass is 32.1. The van der Waals surface area contributed by atoms with Gasteiger partial charge in [0.15, 0.2) is 0 Å². The molecule has 0 aliphatic heterocycles. The van der Waals surface area contributed by atoms with E-state index in [2.05, 4.69) is 30.4 Å². The van der Waals surface area contributed by atoms with Crippen LogP contribution in [-0.2, 0) is 7.05 Å². The molecule has 4 heterocycles. The van der Waals surface area contributed by atoms with Crippen molar-refractivity contribution < 1.29 is 4.79 Å². The van der Waals surface area contributed by atoms with E-state index >= 15 is 0 Å². The maximum Gasteiger partial charge on any atom is 0.275 e. The van der Waals surface area contributed by atoms with E-state index in [4.69, 9.17) is 0 Å². The first-order valence-electron chi connectivity index (χ1n) is 7.41. The summed E-state index contributed by atoms with van der Waals surface area (Å²) in [6.45, 7) is 0. The maximum absolute atomic E-state index is 12.5. The first-order valence-corrected chi connectivity index (χ1v) is 8.29. The molecule has 0 aliphatic rings. The highest BCUT2D eigenvalue weighted by Crippen LogP contribution is 2.26. The summed E-state index contributed by atoms with van der Waals surface area (Å²) < 4.78 is 1.64. The molecule has 0 fully saturated rings. The Morgan fingerprint density at radius 2 is 2.28 bits per heavy atom. The molecule has 0 unspecified atom stereocenters. The molecule has 0 saturated carbocycles. The van der Waals surface area contributed by atoms with Gasteiger partial charge in [-0.15, -0.1) is 11.3 Å². The summed E-state index contributed by atoms with van der Waals surface area (Å²) in [4.78, 5) is 28.1. The number of nitrogens with one attached hydrogen (secondary N) is 2. The molecular weight excluding hydrogens is 338 g/mol. The second kappa shape index (κ2) is 6.29. The summed E-state index contributed by atoms with van der Waals surface area (Å²) in [6, 6.07) is 5.55. The van der Waals surface area contributed by atoms with E-state index in [1.807, 2.05) is 18.2 Å². The molecule has 0 spiro atoms. The van der Waals surface area contributed by atoms with Crippen molar-refractivity contribution in [1.82, 2.24) is 29.7 Å². The van der Waals surface area contributed by atoms with Crippen LogP contribution in [0.2, 0.25) is 0 Å². The average molecular weight is 351 g/mol. The van der Waals surface area contributed by atoms with E-state index < -0.39 is 0 Å². The first kappa shape index (κ1) is 15.2. The van der Waals surface area contributed by atoms with Gasteiger partial charge in [0.25, 0.3) is 5.91 Å². The van der Waals surface area contributed by atoms with Crippen LogP contribution in [0.25, 0.3) is 22.1 Å². The summed E-state index contributed by atoms with van der Waals surface area (Å²) in [7, 11) is 1.79. The van der Waals surface area contributed by atoms with Crippen molar-refractivity contribution in [2.24, 2.45) is 7.05 Å². The van der Waals surface area contributed by atoms with Crippen LogP contribution in [-0.4, -0.2) is 35.6 Å². The maximum atomic E-state index is 12.5. The number of carbonyl (C=O) groups excluding carboxylic acids is 1.